The molecule has 246 valence electrons. The second-order valence-electron chi connectivity index (χ2n) is 9.97. The van der Waals surface area contributed by atoms with Gasteiger partial charge in [-0.05, 0) is 48.5 Å². The molecule has 0 saturated heterocycles. The molecule has 0 unspecified atom stereocenters. The van der Waals surface area contributed by atoms with Crippen LogP contribution in [0.3, 0.4) is 0 Å². The molecule has 6 aromatic rings. The van der Waals surface area contributed by atoms with Crippen molar-refractivity contribution in [2.75, 3.05) is 0 Å². The number of hydrogen-bond donors (Lipinski definition) is 2. The standard InChI is InChI=1S/C19H16OP.C19H14OP.ClHO4.Ir.H/c2*20-15-16-9-7-8-14-19(16)21(17-10-3-1-4-11-17)18-12-5-2-6-13-18;2-1(3,4)5;;/h1-15,20H;1-14H;(H,2,3,4,5);;/q2*-1;;+2;/p+2. The van der Waals surface area contributed by atoms with Crippen LogP contribution in [0.25, 0.3) is 0 Å². The molecule has 6 aromatic carbocycles. The predicted octanol–water partition coefficient (Wildman–Crippen LogP) is 1.30. The monoisotopic (exact) mass is 876 g/mol. The third-order valence-electron chi connectivity index (χ3n) is 6.93. The van der Waals surface area contributed by atoms with Crippen LogP contribution in [0.2, 0.25) is 0 Å². The van der Waals surface area contributed by atoms with Gasteiger partial charge in [-0.1, -0.05) is 104 Å². The Labute approximate surface area is 299 Å². The summed E-state index contributed by atoms with van der Waals surface area (Å²) in [5.74, 6) is 0. The topological polar surface area (TPSA) is 127 Å². The zero-order chi connectivity index (χ0) is 33.5. The van der Waals surface area contributed by atoms with Crippen LogP contribution in [0.1, 0.15) is 11.1 Å². The van der Waals surface area contributed by atoms with E-state index in [0.29, 0.717) is 5.56 Å². The van der Waals surface area contributed by atoms with Gasteiger partial charge in [0, 0.05) is 10.6 Å². The van der Waals surface area contributed by atoms with Crippen molar-refractivity contribution < 1.29 is 58.9 Å². The summed E-state index contributed by atoms with van der Waals surface area (Å²) < 4.78 is 32.7. The largest absolute Gasteiger partial charge is 0.183 e. The van der Waals surface area contributed by atoms with E-state index in [1.54, 1.807) is 0 Å². The number of rotatable bonds is 8. The Hall–Kier alpha value is -3.54. The SMILES string of the molecule is O=[C-]c1ccccc1[PH+](c1ccccc1)c1ccccc1.O[CH-]c1ccccc1[PH+](c1ccccc1)c1ccccc1.[IrH+2].[O-][Cl+3]([O-])([O-])O. The van der Waals surface area contributed by atoms with Crippen molar-refractivity contribution in [3.63, 3.8) is 0 Å². The van der Waals surface area contributed by atoms with E-state index >= 15 is 0 Å². The summed E-state index contributed by atoms with van der Waals surface area (Å²) in [5.41, 5.74) is 1.57. The third-order valence-corrected chi connectivity index (χ3v) is 12.5. The molecule has 6 nitrogen and oxygen atoms in total. The normalized spacial score (nSPS) is 10.5. The molecule has 6 rings (SSSR count). The first-order valence-electron chi connectivity index (χ1n) is 14.4. The predicted molar refractivity (Wildman–Crippen MR) is 187 cm³/mol. The second-order valence-corrected chi connectivity index (χ2v) is 15.7. The van der Waals surface area contributed by atoms with Crippen LogP contribution >= 0.6 is 15.8 Å². The molecule has 0 fully saturated rings. The number of hydrogen-bond acceptors (Lipinski definition) is 6. The van der Waals surface area contributed by atoms with Crippen LogP contribution in [0.15, 0.2) is 170 Å². The van der Waals surface area contributed by atoms with E-state index in [4.69, 9.17) is 18.6 Å². The maximum absolute atomic E-state index is 11.3. The average molecular weight is 876 g/mol. The molecule has 2 N–H and O–H groups in total. The van der Waals surface area contributed by atoms with E-state index in [1.807, 2.05) is 60.7 Å². The van der Waals surface area contributed by atoms with E-state index < -0.39 is 26.1 Å². The molecule has 0 aliphatic carbocycles. The van der Waals surface area contributed by atoms with Crippen molar-refractivity contribution >= 4 is 54.0 Å². The maximum Gasteiger partial charge on any atom is 0.0777 e. The van der Waals surface area contributed by atoms with E-state index in [2.05, 4.69) is 115 Å². The summed E-state index contributed by atoms with van der Waals surface area (Å²) in [4.78, 5) is 11.3. The minimum absolute atomic E-state index is 0. The third kappa shape index (κ3) is 11.9. The molecular weight excluding hydrogens is 842 g/mol. The molecule has 0 aliphatic rings. The molecule has 0 saturated carbocycles. The molecule has 0 amide bonds. The van der Waals surface area contributed by atoms with Crippen LogP contribution in [0, 0.1) is 16.9 Å². The van der Waals surface area contributed by atoms with Gasteiger partial charge in [-0.2, -0.15) is 26.1 Å². The summed E-state index contributed by atoms with van der Waals surface area (Å²) in [6.45, 7) is 1.21. The molecule has 0 aliphatic heterocycles. The minimum atomic E-state index is -4.69. The molecule has 1 radical (unpaired) electrons. The smallest absolute Gasteiger partial charge is 0.0777 e. The van der Waals surface area contributed by atoms with E-state index in [-0.39, 0.29) is 20.1 Å². The number of carbonyl (C=O) groups excluding carboxylic acids is 1. The van der Waals surface area contributed by atoms with Crippen molar-refractivity contribution in [3.05, 3.63) is 188 Å². The van der Waals surface area contributed by atoms with Gasteiger partial charge >= 0.3 is 20.1 Å². The molecule has 48 heavy (non-hydrogen) atoms. The first kappa shape index (κ1) is 38.9. The van der Waals surface area contributed by atoms with Gasteiger partial charge in [0.05, 0.1) is 58.2 Å². The first-order valence-corrected chi connectivity index (χ1v) is 18.7. The fourth-order valence-corrected chi connectivity index (χ4v) is 10.4. The van der Waals surface area contributed by atoms with Gasteiger partial charge < -0.3 is 9.90 Å². The quantitative estimate of drug-likeness (QED) is 0.176. The molecular formula is C38H34ClIrO6P2+2. The summed E-state index contributed by atoms with van der Waals surface area (Å²) in [6, 6.07) is 57.8. The fraction of sp³-hybridized carbons (Fsp3) is 0. The maximum atomic E-state index is 11.3. The van der Waals surface area contributed by atoms with Crippen LogP contribution in [0.4, 0.5) is 0 Å². The number of aliphatic hydroxyl groups is 1. The van der Waals surface area contributed by atoms with Crippen molar-refractivity contribution in [1.29, 1.82) is 0 Å². The molecule has 0 aromatic heterocycles. The molecule has 0 bridgehead atoms. The number of halogens is 1. The van der Waals surface area contributed by atoms with Crippen LogP contribution in [-0.4, -0.2) is 16.1 Å². The Kier molecular flexibility index (Phi) is 16.3. The summed E-state index contributed by atoms with van der Waals surface area (Å²) in [7, 11) is -6.99. The van der Waals surface area contributed by atoms with Crippen molar-refractivity contribution in [1.82, 2.24) is 0 Å². The Bertz CT molecular complexity index is 1710. The van der Waals surface area contributed by atoms with Gasteiger partial charge in [-0.25, -0.2) is 0 Å². The Balaban J connectivity index is 0.000000225. The number of aliphatic hydroxyl groups excluding tert-OH is 1. The molecule has 0 heterocycles. The van der Waals surface area contributed by atoms with Crippen LogP contribution in [0.5, 0.6) is 0 Å². The van der Waals surface area contributed by atoms with Gasteiger partial charge in [-0.3, -0.25) is 0 Å². The van der Waals surface area contributed by atoms with E-state index in [1.165, 1.54) is 33.1 Å². The Morgan fingerprint density at radius 1 is 0.500 bits per heavy atom. The van der Waals surface area contributed by atoms with Gasteiger partial charge in [0.1, 0.15) is 0 Å². The van der Waals surface area contributed by atoms with Gasteiger partial charge in [-0.15, -0.1) is 23.3 Å². The van der Waals surface area contributed by atoms with Crippen LogP contribution < -0.4 is 45.8 Å². The summed E-state index contributed by atoms with van der Waals surface area (Å²) >= 11 is 0. The zero-order valence-corrected chi connectivity index (χ0v) is 30.8. The summed E-state index contributed by atoms with van der Waals surface area (Å²) in [5, 5.41) is 17.0. The zero-order valence-electron chi connectivity index (χ0n) is 25.5. The van der Waals surface area contributed by atoms with Crippen molar-refractivity contribution in [2.45, 2.75) is 0 Å². The molecule has 0 atom stereocenters. The van der Waals surface area contributed by atoms with Crippen molar-refractivity contribution in [2.24, 2.45) is 0 Å². The minimum Gasteiger partial charge on any atom is -0.183 e. The Morgan fingerprint density at radius 3 is 1.15 bits per heavy atom. The van der Waals surface area contributed by atoms with E-state index in [9.17, 15) is 9.90 Å². The second kappa shape index (κ2) is 20.1. The van der Waals surface area contributed by atoms with E-state index in [0.717, 1.165) is 10.9 Å². The Morgan fingerprint density at radius 2 is 0.792 bits per heavy atom. The van der Waals surface area contributed by atoms with Gasteiger partial charge in [0.2, 0.25) is 0 Å². The summed E-state index contributed by atoms with van der Waals surface area (Å²) in [6.07, 6.45) is 2.09. The molecule has 0 spiro atoms. The van der Waals surface area contributed by atoms with Gasteiger partial charge in [0.25, 0.3) is 0 Å². The fourth-order valence-electron chi connectivity index (χ4n) is 5.00. The first-order chi connectivity index (χ1) is 22.8. The molecule has 10 heteroatoms. The van der Waals surface area contributed by atoms with Crippen molar-refractivity contribution in [3.8, 4) is 0 Å². The average Bonchev–Trinajstić information content (AvgIpc) is 3.10. The van der Waals surface area contributed by atoms with Crippen LogP contribution in [-0.2, 0) is 24.9 Å². The van der Waals surface area contributed by atoms with Gasteiger partial charge in [0.15, 0.2) is 0 Å². The number of benzene rings is 6.